The Morgan fingerprint density at radius 3 is 2.66 bits per heavy atom. The number of esters is 1. The summed E-state index contributed by atoms with van der Waals surface area (Å²) >= 11 is 0. The van der Waals surface area contributed by atoms with E-state index in [9.17, 15) is 14.0 Å². The van der Waals surface area contributed by atoms with Crippen LogP contribution in [0.3, 0.4) is 0 Å². The standard InChI is InChI=1S/C23H23FO5/c1-4-27-21(25)11-9-19-14(2)18-8-10-20(15(3)22(18)29-23(19)26)28-13-16-6-5-7-17(24)12-16/h5-8,10,12H,4,9,11,13H2,1-3H3. The summed E-state index contributed by atoms with van der Waals surface area (Å²) in [6, 6.07) is 9.83. The Morgan fingerprint density at radius 1 is 1.14 bits per heavy atom. The summed E-state index contributed by atoms with van der Waals surface area (Å²) in [5.41, 5.74) is 2.63. The fourth-order valence-corrected chi connectivity index (χ4v) is 3.26. The monoisotopic (exact) mass is 398 g/mol. The van der Waals surface area contributed by atoms with Crippen molar-refractivity contribution in [1.29, 1.82) is 0 Å². The molecule has 29 heavy (non-hydrogen) atoms. The van der Waals surface area contributed by atoms with Gasteiger partial charge in [-0.25, -0.2) is 9.18 Å². The van der Waals surface area contributed by atoms with E-state index in [1.807, 2.05) is 19.9 Å². The van der Waals surface area contributed by atoms with Gasteiger partial charge in [-0.2, -0.15) is 0 Å². The van der Waals surface area contributed by atoms with Gasteiger partial charge in [0.25, 0.3) is 0 Å². The van der Waals surface area contributed by atoms with E-state index in [4.69, 9.17) is 13.9 Å². The molecule has 0 aliphatic carbocycles. The minimum absolute atomic E-state index is 0.124. The first-order chi connectivity index (χ1) is 13.9. The second-order valence-electron chi connectivity index (χ2n) is 6.78. The number of rotatable bonds is 7. The summed E-state index contributed by atoms with van der Waals surface area (Å²) in [6.45, 7) is 5.90. The van der Waals surface area contributed by atoms with E-state index in [1.54, 1.807) is 25.1 Å². The van der Waals surface area contributed by atoms with E-state index in [-0.39, 0.29) is 31.2 Å². The van der Waals surface area contributed by atoms with Crippen molar-refractivity contribution < 1.29 is 23.1 Å². The molecule has 0 atom stereocenters. The average Bonchev–Trinajstić information content (AvgIpc) is 2.68. The SMILES string of the molecule is CCOC(=O)CCc1c(C)c2ccc(OCc3cccc(F)c3)c(C)c2oc1=O. The third-order valence-electron chi connectivity index (χ3n) is 4.82. The number of halogens is 1. The number of hydrogen-bond acceptors (Lipinski definition) is 5. The maximum Gasteiger partial charge on any atom is 0.339 e. The summed E-state index contributed by atoms with van der Waals surface area (Å²) in [4.78, 5) is 24.1. The zero-order valence-electron chi connectivity index (χ0n) is 16.7. The lowest BCUT2D eigenvalue weighted by molar-refractivity contribution is -0.143. The molecule has 2 aromatic carbocycles. The maximum atomic E-state index is 13.3. The molecule has 1 heterocycles. The predicted molar refractivity (Wildman–Crippen MR) is 108 cm³/mol. The van der Waals surface area contributed by atoms with Gasteiger partial charge in [0.1, 0.15) is 23.8 Å². The Kier molecular flexibility index (Phi) is 6.32. The second kappa shape index (κ2) is 8.90. The molecule has 3 rings (SSSR count). The first kappa shape index (κ1) is 20.6. The van der Waals surface area contributed by atoms with Crippen molar-refractivity contribution in [1.82, 2.24) is 0 Å². The topological polar surface area (TPSA) is 65.7 Å². The molecule has 0 fully saturated rings. The quantitative estimate of drug-likeness (QED) is 0.429. The van der Waals surface area contributed by atoms with Gasteiger partial charge in [-0.3, -0.25) is 4.79 Å². The normalized spacial score (nSPS) is 10.9. The lowest BCUT2D eigenvalue weighted by Crippen LogP contribution is -2.14. The van der Waals surface area contributed by atoms with Gasteiger partial charge in [-0.05, 0) is 62.6 Å². The molecule has 0 bridgehead atoms. The van der Waals surface area contributed by atoms with Crippen molar-refractivity contribution in [3.05, 3.63) is 74.9 Å². The summed E-state index contributed by atoms with van der Waals surface area (Å²) in [6.07, 6.45) is 0.387. The molecule has 0 saturated heterocycles. The van der Waals surface area contributed by atoms with Crippen molar-refractivity contribution in [3.63, 3.8) is 0 Å². The lowest BCUT2D eigenvalue weighted by Gasteiger charge is -2.13. The highest BCUT2D eigenvalue weighted by atomic mass is 19.1. The molecule has 0 N–H and O–H groups in total. The second-order valence-corrected chi connectivity index (χ2v) is 6.78. The van der Waals surface area contributed by atoms with Gasteiger partial charge in [0, 0.05) is 22.9 Å². The number of carbonyl (C=O) groups is 1. The summed E-state index contributed by atoms with van der Waals surface area (Å²) < 4.78 is 29.6. The van der Waals surface area contributed by atoms with Gasteiger partial charge in [-0.15, -0.1) is 0 Å². The summed E-state index contributed by atoms with van der Waals surface area (Å²) in [5, 5.41) is 0.791. The maximum absolute atomic E-state index is 13.3. The fraction of sp³-hybridized carbons (Fsp3) is 0.304. The Hall–Kier alpha value is -3.15. The smallest absolute Gasteiger partial charge is 0.339 e. The lowest BCUT2D eigenvalue weighted by atomic mass is 10.0. The van der Waals surface area contributed by atoms with E-state index in [0.717, 1.165) is 10.9 Å². The van der Waals surface area contributed by atoms with Crippen molar-refractivity contribution in [2.75, 3.05) is 6.61 Å². The molecule has 0 spiro atoms. The van der Waals surface area contributed by atoms with Crippen LogP contribution in [0.15, 0.2) is 45.6 Å². The molecule has 0 aliphatic heterocycles. The minimum atomic E-state index is -0.468. The number of aryl methyl sites for hydroxylation is 2. The van der Waals surface area contributed by atoms with E-state index in [2.05, 4.69) is 0 Å². The first-order valence-electron chi connectivity index (χ1n) is 9.49. The van der Waals surface area contributed by atoms with Gasteiger partial charge >= 0.3 is 11.6 Å². The predicted octanol–water partition coefficient (Wildman–Crippen LogP) is 4.62. The van der Waals surface area contributed by atoms with E-state index in [1.165, 1.54) is 12.1 Å². The zero-order chi connectivity index (χ0) is 21.0. The molecule has 0 aliphatic rings. The molecule has 0 saturated carbocycles. The van der Waals surface area contributed by atoms with Gasteiger partial charge in [0.15, 0.2) is 0 Å². The molecule has 0 amide bonds. The molecule has 1 aromatic heterocycles. The first-order valence-corrected chi connectivity index (χ1v) is 9.49. The van der Waals surface area contributed by atoms with Crippen molar-refractivity contribution in [3.8, 4) is 5.75 Å². The Labute approximate surface area is 168 Å². The molecule has 3 aromatic rings. The van der Waals surface area contributed by atoms with Gasteiger partial charge in [0.2, 0.25) is 0 Å². The van der Waals surface area contributed by atoms with Crippen LogP contribution in [0.2, 0.25) is 0 Å². The van der Waals surface area contributed by atoms with Gasteiger partial charge < -0.3 is 13.9 Å². The summed E-state index contributed by atoms with van der Waals surface area (Å²) in [7, 11) is 0. The molecular formula is C23H23FO5. The summed E-state index contributed by atoms with van der Waals surface area (Å²) in [5.74, 6) is -0.106. The fourth-order valence-electron chi connectivity index (χ4n) is 3.26. The largest absolute Gasteiger partial charge is 0.488 e. The van der Waals surface area contributed by atoms with Gasteiger partial charge in [-0.1, -0.05) is 12.1 Å². The molecule has 6 heteroatoms. The van der Waals surface area contributed by atoms with Crippen LogP contribution in [0, 0.1) is 19.7 Å². The number of benzene rings is 2. The zero-order valence-corrected chi connectivity index (χ0v) is 16.7. The van der Waals surface area contributed by atoms with E-state index >= 15 is 0 Å². The van der Waals surface area contributed by atoms with E-state index in [0.29, 0.717) is 34.6 Å². The third kappa shape index (κ3) is 4.65. The minimum Gasteiger partial charge on any atom is -0.488 e. The molecule has 152 valence electrons. The highest BCUT2D eigenvalue weighted by Crippen LogP contribution is 2.30. The Balaban J connectivity index is 1.87. The van der Waals surface area contributed by atoms with Crippen molar-refractivity contribution in [2.24, 2.45) is 0 Å². The molecule has 0 radical (unpaired) electrons. The molecule has 0 unspecified atom stereocenters. The van der Waals surface area contributed by atoms with Crippen LogP contribution in [0.4, 0.5) is 4.39 Å². The molecule has 5 nitrogen and oxygen atoms in total. The van der Waals surface area contributed by atoms with Crippen LogP contribution in [0.5, 0.6) is 5.75 Å². The van der Waals surface area contributed by atoms with Crippen LogP contribution in [-0.2, 0) is 22.6 Å². The number of hydrogen-bond donors (Lipinski definition) is 0. The Bertz CT molecular complexity index is 1100. The number of ether oxygens (including phenoxy) is 2. The average molecular weight is 398 g/mol. The van der Waals surface area contributed by atoms with E-state index < -0.39 is 5.63 Å². The number of carbonyl (C=O) groups excluding carboxylic acids is 1. The third-order valence-corrected chi connectivity index (χ3v) is 4.82. The van der Waals surface area contributed by atoms with Crippen molar-refractivity contribution in [2.45, 2.75) is 40.2 Å². The van der Waals surface area contributed by atoms with Crippen LogP contribution in [0.1, 0.15) is 35.6 Å². The van der Waals surface area contributed by atoms with Crippen LogP contribution < -0.4 is 10.4 Å². The van der Waals surface area contributed by atoms with Crippen molar-refractivity contribution >= 4 is 16.9 Å². The van der Waals surface area contributed by atoms with Crippen LogP contribution in [0.25, 0.3) is 11.0 Å². The Morgan fingerprint density at radius 2 is 1.93 bits per heavy atom. The van der Waals surface area contributed by atoms with Gasteiger partial charge in [0.05, 0.1) is 6.61 Å². The van der Waals surface area contributed by atoms with Crippen LogP contribution >= 0.6 is 0 Å². The highest BCUT2D eigenvalue weighted by Gasteiger charge is 2.16. The van der Waals surface area contributed by atoms with Crippen LogP contribution in [-0.4, -0.2) is 12.6 Å². The number of fused-ring (bicyclic) bond motifs is 1. The highest BCUT2D eigenvalue weighted by molar-refractivity contribution is 5.85. The molecular weight excluding hydrogens is 375 g/mol.